The Hall–Kier alpha value is -1.52. The van der Waals surface area contributed by atoms with E-state index in [4.69, 9.17) is 0 Å². The maximum atomic E-state index is 3.87. The predicted octanol–water partition coefficient (Wildman–Crippen LogP) is 2.94. The van der Waals surface area contributed by atoms with Crippen LogP contribution in [0, 0.1) is 0 Å². The second-order valence-electron chi connectivity index (χ2n) is 2.22. The van der Waals surface area contributed by atoms with Crippen molar-refractivity contribution >= 4 is 0 Å². The van der Waals surface area contributed by atoms with Crippen molar-refractivity contribution in [3.63, 3.8) is 0 Å². The van der Waals surface area contributed by atoms with Gasteiger partial charge in [-0.05, 0) is 23.3 Å². The second kappa shape index (κ2) is 3.60. The van der Waals surface area contributed by atoms with Crippen LogP contribution in [0.4, 0.5) is 0 Å². The van der Waals surface area contributed by atoms with Gasteiger partial charge in [-0.1, -0.05) is 37.5 Å². The van der Waals surface area contributed by atoms with Crippen molar-refractivity contribution in [2.45, 2.75) is 0 Å². The fourth-order valence-corrected chi connectivity index (χ4v) is 0.836. The molecule has 0 radical (unpaired) electrons. The first-order valence-electron chi connectivity index (χ1n) is 3.46. The summed E-state index contributed by atoms with van der Waals surface area (Å²) >= 11 is 0. The molecule has 0 fully saturated rings. The van der Waals surface area contributed by atoms with E-state index in [1.54, 1.807) is 6.08 Å². The van der Waals surface area contributed by atoms with Crippen molar-refractivity contribution < 1.29 is 0 Å². The number of allylic oxidation sites excluding steroid dienone is 7. The molecular weight excluding hydrogens is 132 g/mol. The molecule has 1 aliphatic rings. The summed E-state index contributed by atoms with van der Waals surface area (Å²) in [6.45, 7) is 7.49. The van der Waals surface area contributed by atoms with Crippen LogP contribution >= 0.6 is 0 Å². The van der Waals surface area contributed by atoms with Gasteiger partial charge in [-0.2, -0.15) is 0 Å². The van der Waals surface area contributed by atoms with Gasteiger partial charge in [-0.3, -0.25) is 0 Å². The van der Waals surface area contributed by atoms with Crippen molar-refractivity contribution in [2.24, 2.45) is 0 Å². The van der Waals surface area contributed by atoms with Crippen LogP contribution in [0.15, 0.2) is 66.5 Å². The van der Waals surface area contributed by atoms with Crippen molar-refractivity contribution in [1.29, 1.82) is 0 Å². The van der Waals surface area contributed by atoms with Crippen molar-refractivity contribution in [3.8, 4) is 0 Å². The predicted molar refractivity (Wildman–Crippen MR) is 49.2 cm³/mol. The summed E-state index contributed by atoms with van der Waals surface area (Å²) in [5, 5.41) is 0. The van der Waals surface area contributed by atoms with Crippen LogP contribution in [0.3, 0.4) is 0 Å². The van der Waals surface area contributed by atoms with E-state index in [0.29, 0.717) is 0 Å². The summed E-state index contributed by atoms with van der Waals surface area (Å²) in [6.07, 6.45) is 11.3. The molecule has 1 aliphatic carbocycles. The van der Waals surface area contributed by atoms with Gasteiger partial charge in [0, 0.05) is 0 Å². The molecule has 0 nitrogen and oxygen atoms in total. The summed E-state index contributed by atoms with van der Waals surface area (Å²) in [6, 6.07) is 0. The molecule has 0 saturated carbocycles. The highest BCUT2D eigenvalue weighted by molar-refractivity contribution is 5.48. The highest BCUT2D eigenvalue weighted by atomic mass is 14.0. The Morgan fingerprint density at radius 3 is 3.00 bits per heavy atom. The van der Waals surface area contributed by atoms with Crippen LogP contribution in [-0.4, -0.2) is 0 Å². The monoisotopic (exact) mass is 142 g/mol. The smallest absolute Gasteiger partial charge is 0.0127 e. The molecule has 0 aromatic carbocycles. The molecule has 0 bridgehead atoms. The van der Waals surface area contributed by atoms with Crippen LogP contribution in [0.25, 0.3) is 0 Å². The molecule has 0 atom stereocenters. The van der Waals surface area contributed by atoms with E-state index in [0.717, 1.165) is 11.1 Å². The molecule has 0 heteroatoms. The van der Waals surface area contributed by atoms with Crippen molar-refractivity contribution in [3.05, 3.63) is 66.5 Å². The lowest BCUT2D eigenvalue weighted by molar-refractivity contribution is 1.59. The molecule has 0 amide bonds. The molecule has 0 spiro atoms. The lowest BCUT2D eigenvalue weighted by Crippen LogP contribution is -1.77. The zero-order valence-electron chi connectivity index (χ0n) is 6.38. The van der Waals surface area contributed by atoms with Gasteiger partial charge < -0.3 is 0 Å². The van der Waals surface area contributed by atoms with E-state index in [1.807, 2.05) is 30.4 Å². The molecule has 54 valence electrons. The third-order valence-electron chi connectivity index (χ3n) is 1.39. The standard InChI is InChI=1S/C11H10/c1-3-7-11-9-6-4-5-8-10(11)2/h3-4,6-9H,1-2H2/b11-7-. The van der Waals surface area contributed by atoms with E-state index in [2.05, 4.69) is 18.9 Å². The van der Waals surface area contributed by atoms with Gasteiger partial charge >= 0.3 is 0 Å². The fourth-order valence-electron chi connectivity index (χ4n) is 0.836. The van der Waals surface area contributed by atoms with E-state index in [-0.39, 0.29) is 0 Å². The van der Waals surface area contributed by atoms with Crippen LogP contribution in [0.5, 0.6) is 0 Å². The lowest BCUT2D eigenvalue weighted by Gasteiger charge is -1.96. The van der Waals surface area contributed by atoms with Crippen LogP contribution < -0.4 is 0 Å². The molecular formula is C11H10. The van der Waals surface area contributed by atoms with Crippen LogP contribution in [0.2, 0.25) is 0 Å². The molecule has 1 rings (SSSR count). The molecule has 0 aliphatic heterocycles. The van der Waals surface area contributed by atoms with E-state index in [9.17, 15) is 0 Å². The molecule has 0 aromatic heterocycles. The molecule has 11 heavy (non-hydrogen) atoms. The van der Waals surface area contributed by atoms with Gasteiger partial charge in [0.25, 0.3) is 0 Å². The first-order chi connectivity index (χ1) is 5.34. The maximum Gasteiger partial charge on any atom is -0.0127 e. The summed E-state index contributed by atoms with van der Waals surface area (Å²) < 4.78 is 0. The topological polar surface area (TPSA) is 0 Å². The normalized spacial score (nSPS) is 18.9. The average Bonchev–Trinajstić information content (AvgIpc) is 2.18. The zero-order chi connectivity index (χ0) is 8.10. The molecule has 0 aromatic rings. The minimum atomic E-state index is 0.968. The third-order valence-corrected chi connectivity index (χ3v) is 1.39. The molecule has 0 saturated heterocycles. The van der Waals surface area contributed by atoms with Crippen LogP contribution in [-0.2, 0) is 0 Å². The van der Waals surface area contributed by atoms with Gasteiger partial charge in [0.15, 0.2) is 0 Å². The Balaban J connectivity index is 3.03. The quantitative estimate of drug-likeness (QED) is 0.494. The maximum absolute atomic E-state index is 3.87. The highest BCUT2D eigenvalue weighted by Crippen LogP contribution is 2.12. The summed E-state index contributed by atoms with van der Waals surface area (Å²) in [4.78, 5) is 0. The Labute approximate surface area is 67.2 Å². The lowest BCUT2D eigenvalue weighted by atomic mass is 10.1. The largest absolute Gasteiger partial charge is 0.120 e. The van der Waals surface area contributed by atoms with Gasteiger partial charge in [0.1, 0.15) is 0 Å². The Morgan fingerprint density at radius 2 is 2.27 bits per heavy atom. The Morgan fingerprint density at radius 1 is 1.45 bits per heavy atom. The van der Waals surface area contributed by atoms with Crippen molar-refractivity contribution in [1.82, 2.24) is 0 Å². The van der Waals surface area contributed by atoms with Gasteiger partial charge in [0.05, 0.1) is 0 Å². The molecule has 0 heterocycles. The van der Waals surface area contributed by atoms with Crippen LogP contribution in [0.1, 0.15) is 0 Å². The summed E-state index contributed by atoms with van der Waals surface area (Å²) in [5.41, 5.74) is 5.03. The third kappa shape index (κ3) is 1.96. The van der Waals surface area contributed by atoms with Gasteiger partial charge in [-0.15, -0.1) is 5.73 Å². The first-order valence-corrected chi connectivity index (χ1v) is 3.46. The second-order valence-corrected chi connectivity index (χ2v) is 2.22. The van der Waals surface area contributed by atoms with E-state index >= 15 is 0 Å². The van der Waals surface area contributed by atoms with Crippen molar-refractivity contribution in [2.75, 3.05) is 0 Å². The Kier molecular flexibility index (Phi) is 2.48. The fraction of sp³-hybridized carbons (Fsp3) is 0. The molecule has 0 unspecified atom stereocenters. The summed E-state index contributed by atoms with van der Waals surface area (Å²) in [7, 11) is 0. The minimum absolute atomic E-state index is 0.968. The summed E-state index contributed by atoms with van der Waals surface area (Å²) in [5.74, 6) is 0. The van der Waals surface area contributed by atoms with E-state index < -0.39 is 0 Å². The highest BCUT2D eigenvalue weighted by Gasteiger charge is 1.93. The number of rotatable bonds is 1. The SMILES string of the molecule is C=C/C=C1/C=CC=C=CC1=C. The average molecular weight is 142 g/mol. The molecule has 0 N–H and O–H groups in total. The Bertz CT molecular complexity index is 292. The van der Waals surface area contributed by atoms with Gasteiger partial charge in [0.2, 0.25) is 0 Å². The first kappa shape index (κ1) is 7.59. The number of hydrogen-bond acceptors (Lipinski definition) is 0. The number of hydrogen-bond donors (Lipinski definition) is 0. The van der Waals surface area contributed by atoms with E-state index in [1.165, 1.54) is 0 Å². The van der Waals surface area contributed by atoms with Gasteiger partial charge in [-0.25, -0.2) is 0 Å². The zero-order valence-corrected chi connectivity index (χ0v) is 6.38. The minimum Gasteiger partial charge on any atom is -0.120 e.